The zero-order valence-electron chi connectivity index (χ0n) is 14.6. The summed E-state index contributed by atoms with van der Waals surface area (Å²) in [5.41, 5.74) is 18.6. The van der Waals surface area contributed by atoms with Crippen LogP contribution in [-0.2, 0) is 6.42 Å². The lowest BCUT2D eigenvalue weighted by Gasteiger charge is -2.20. The molecule has 4 N–H and O–H groups in total. The molecule has 4 aromatic rings. The van der Waals surface area contributed by atoms with E-state index in [4.69, 9.17) is 21.4 Å². The highest BCUT2D eigenvalue weighted by Gasteiger charge is 2.24. The first-order valence-corrected chi connectivity index (χ1v) is 11.0. The second-order valence-corrected chi connectivity index (χ2v) is 8.93. The van der Waals surface area contributed by atoms with E-state index in [1.807, 2.05) is 36.0 Å². The van der Waals surface area contributed by atoms with E-state index in [9.17, 15) is 0 Å². The van der Waals surface area contributed by atoms with Crippen LogP contribution in [0, 0.1) is 6.92 Å². The van der Waals surface area contributed by atoms with Crippen molar-refractivity contribution < 1.29 is 0 Å². The predicted molar refractivity (Wildman–Crippen MR) is 116 cm³/mol. The van der Waals surface area contributed by atoms with Gasteiger partial charge in [0.25, 0.3) is 0 Å². The van der Waals surface area contributed by atoms with Crippen molar-refractivity contribution in [3.05, 3.63) is 62.6 Å². The molecule has 0 saturated carbocycles. The largest absolute Gasteiger partial charge is 0.326 e. The molecule has 138 valence electrons. The molecule has 0 spiro atoms. The number of aryl methyl sites for hydroxylation is 1. The third-order valence-electron chi connectivity index (χ3n) is 4.44. The molecule has 0 radical (unpaired) electrons. The van der Waals surface area contributed by atoms with E-state index >= 15 is 0 Å². The number of thiophene rings is 1. The maximum atomic E-state index is 6.59. The molecule has 0 saturated heterocycles. The monoisotopic (exact) mass is 459 g/mol. The fourth-order valence-electron chi connectivity index (χ4n) is 2.97. The van der Waals surface area contributed by atoms with Crippen LogP contribution in [0.2, 0.25) is 0 Å². The fraction of sp³-hybridized carbons (Fsp3) is 0.211. The molecule has 2 unspecified atom stereocenters. The van der Waals surface area contributed by atoms with Crippen molar-refractivity contribution in [2.24, 2.45) is 11.5 Å². The van der Waals surface area contributed by atoms with Crippen molar-refractivity contribution in [2.75, 3.05) is 0 Å². The number of benzene rings is 1. The summed E-state index contributed by atoms with van der Waals surface area (Å²) in [4.78, 5) is 14.9. The van der Waals surface area contributed by atoms with Gasteiger partial charge in [0.05, 0.1) is 42.5 Å². The van der Waals surface area contributed by atoms with Crippen molar-refractivity contribution in [3.63, 3.8) is 0 Å². The average molecular weight is 460 g/mol. The minimum atomic E-state index is -0.395. The van der Waals surface area contributed by atoms with Gasteiger partial charge in [-0.1, -0.05) is 30.3 Å². The zero-order valence-corrected chi connectivity index (χ0v) is 17.8. The highest BCUT2D eigenvalue weighted by Crippen LogP contribution is 2.36. The van der Waals surface area contributed by atoms with Gasteiger partial charge in [0.1, 0.15) is 0 Å². The lowest BCUT2D eigenvalue weighted by atomic mass is 9.98. The van der Waals surface area contributed by atoms with Gasteiger partial charge in [-0.25, -0.2) is 15.0 Å². The highest BCUT2D eigenvalue weighted by molar-refractivity contribution is 9.10. The molecule has 1 aromatic carbocycles. The van der Waals surface area contributed by atoms with E-state index in [1.54, 1.807) is 11.3 Å². The van der Waals surface area contributed by atoms with Crippen molar-refractivity contribution in [2.45, 2.75) is 25.4 Å². The smallest absolute Gasteiger partial charge is 0.172 e. The van der Waals surface area contributed by atoms with Gasteiger partial charge in [-0.3, -0.25) is 0 Å². The van der Waals surface area contributed by atoms with Crippen LogP contribution in [-0.4, -0.2) is 21.0 Å². The maximum absolute atomic E-state index is 6.59. The molecule has 2 atom stereocenters. The molecular formula is C19H18BrN5S2. The van der Waals surface area contributed by atoms with Gasteiger partial charge in [0.2, 0.25) is 0 Å². The molecule has 3 heterocycles. The van der Waals surface area contributed by atoms with Gasteiger partial charge in [-0.15, -0.1) is 22.7 Å². The summed E-state index contributed by atoms with van der Waals surface area (Å²) in [5, 5.41) is 2.02. The zero-order chi connectivity index (χ0) is 19.0. The first-order chi connectivity index (χ1) is 13.0. The molecule has 8 heteroatoms. The van der Waals surface area contributed by atoms with Crippen LogP contribution in [0.4, 0.5) is 0 Å². The Balaban J connectivity index is 1.76. The molecule has 0 amide bonds. The van der Waals surface area contributed by atoms with Gasteiger partial charge < -0.3 is 11.5 Å². The Morgan fingerprint density at radius 1 is 1.11 bits per heavy atom. The molecular weight excluding hydrogens is 442 g/mol. The van der Waals surface area contributed by atoms with Crippen LogP contribution in [0.1, 0.15) is 23.0 Å². The SMILES string of the molecule is Cc1ncsc1-c1nc(C(N)C(N)Cc2ccccc2)c2scc(Br)c2n1. The number of halogens is 1. The van der Waals surface area contributed by atoms with E-state index in [1.165, 1.54) is 11.3 Å². The summed E-state index contributed by atoms with van der Waals surface area (Å²) in [6.07, 6.45) is 0.689. The Bertz CT molecular complexity index is 1080. The summed E-state index contributed by atoms with van der Waals surface area (Å²) >= 11 is 6.71. The van der Waals surface area contributed by atoms with Gasteiger partial charge in [0, 0.05) is 11.4 Å². The van der Waals surface area contributed by atoms with Gasteiger partial charge in [-0.05, 0) is 34.8 Å². The van der Waals surface area contributed by atoms with Crippen LogP contribution in [0.15, 0.2) is 45.7 Å². The van der Waals surface area contributed by atoms with E-state index < -0.39 is 6.04 Å². The van der Waals surface area contributed by atoms with Gasteiger partial charge >= 0.3 is 0 Å². The van der Waals surface area contributed by atoms with Crippen molar-refractivity contribution in [1.29, 1.82) is 0 Å². The first-order valence-electron chi connectivity index (χ1n) is 8.44. The third-order valence-corrected chi connectivity index (χ3v) is 7.26. The van der Waals surface area contributed by atoms with Crippen molar-refractivity contribution in [3.8, 4) is 10.7 Å². The Kier molecular flexibility index (Phi) is 5.34. The lowest BCUT2D eigenvalue weighted by Crippen LogP contribution is -2.36. The Morgan fingerprint density at radius 3 is 2.59 bits per heavy atom. The quantitative estimate of drug-likeness (QED) is 0.459. The Morgan fingerprint density at radius 2 is 1.89 bits per heavy atom. The second-order valence-electron chi connectivity index (χ2n) is 6.34. The number of hydrogen-bond acceptors (Lipinski definition) is 7. The number of nitrogens with two attached hydrogens (primary N) is 2. The van der Waals surface area contributed by atoms with Gasteiger partial charge in [0.15, 0.2) is 5.82 Å². The van der Waals surface area contributed by atoms with Gasteiger partial charge in [-0.2, -0.15) is 0 Å². The minimum Gasteiger partial charge on any atom is -0.326 e. The minimum absolute atomic E-state index is 0.248. The lowest BCUT2D eigenvalue weighted by molar-refractivity contribution is 0.537. The van der Waals surface area contributed by atoms with Crippen LogP contribution in [0.25, 0.3) is 20.9 Å². The topological polar surface area (TPSA) is 90.7 Å². The number of rotatable bonds is 5. The summed E-state index contributed by atoms with van der Waals surface area (Å²) in [5.74, 6) is 0.652. The number of thiazole rings is 1. The number of hydrogen-bond donors (Lipinski definition) is 2. The molecule has 0 aliphatic rings. The molecule has 27 heavy (non-hydrogen) atoms. The van der Waals surface area contributed by atoms with Crippen LogP contribution >= 0.6 is 38.6 Å². The van der Waals surface area contributed by atoms with E-state index in [-0.39, 0.29) is 6.04 Å². The molecule has 5 nitrogen and oxygen atoms in total. The summed E-state index contributed by atoms with van der Waals surface area (Å²) in [6, 6.07) is 9.51. The number of fused-ring (bicyclic) bond motifs is 1. The number of nitrogens with zero attached hydrogens (tertiary/aromatic N) is 3. The van der Waals surface area contributed by atoms with Crippen molar-refractivity contribution >= 4 is 48.8 Å². The van der Waals surface area contributed by atoms with Crippen LogP contribution in [0.5, 0.6) is 0 Å². The van der Waals surface area contributed by atoms with Crippen LogP contribution in [0.3, 0.4) is 0 Å². The van der Waals surface area contributed by atoms with Crippen LogP contribution < -0.4 is 11.5 Å². The summed E-state index contributed by atoms with van der Waals surface area (Å²) in [7, 11) is 0. The Hall–Kier alpha value is -1.71. The highest BCUT2D eigenvalue weighted by atomic mass is 79.9. The standard InChI is InChI=1S/C19H18BrN5S2/c1-10-17(27-9-23-10)19-24-15-12(20)8-26-18(15)16(25-19)14(22)13(21)7-11-5-3-2-4-6-11/h2-6,8-9,13-14H,7,21-22H2,1H3. The fourth-order valence-corrected chi connectivity index (χ4v) is 5.31. The molecule has 0 bridgehead atoms. The third kappa shape index (κ3) is 3.68. The molecule has 3 aromatic heterocycles. The van der Waals surface area contributed by atoms with E-state index in [0.29, 0.717) is 12.2 Å². The van der Waals surface area contributed by atoms with E-state index in [2.05, 4.69) is 33.0 Å². The van der Waals surface area contributed by atoms with E-state index in [0.717, 1.165) is 36.5 Å². The molecule has 0 fully saturated rings. The molecule has 0 aliphatic heterocycles. The first kappa shape index (κ1) is 18.6. The molecule has 4 rings (SSSR count). The van der Waals surface area contributed by atoms with Crippen molar-refractivity contribution in [1.82, 2.24) is 15.0 Å². The summed E-state index contributed by atoms with van der Waals surface area (Å²) in [6.45, 7) is 1.96. The normalized spacial score (nSPS) is 13.8. The summed E-state index contributed by atoms with van der Waals surface area (Å²) < 4.78 is 1.92. The average Bonchev–Trinajstić information content (AvgIpc) is 3.27. The predicted octanol–water partition coefficient (Wildman–Crippen LogP) is 4.46. The second kappa shape index (κ2) is 7.73. The number of aromatic nitrogens is 3. The molecule has 0 aliphatic carbocycles. The maximum Gasteiger partial charge on any atom is 0.172 e. The Labute approximate surface area is 173 Å².